The summed E-state index contributed by atoms with van der Waals surface area (Å²) in [5.74, 6) is 1.20. The van der Waals surface area contributed by atoms with Crippen LogP contribution in [0.3, 0.4) is 0 Å². The van der Waals surface area contributed by atoms with Crippen molar-refractivity contribution in [1.82, 2.24) is 9.78 Å². The second-order valence-electron chi connectivity index (χ2n) is 5.15. The predicted octanol–water partition coefficient (Wildman–Crippen LogP) is 1.24. The molecular weight excluding hydrogens is 230 g/mol. The van der Waals surface area contributed by atoms with Crippen molar-refractivity contribution in [2.45, 2.75) is 37.7 Å². The minimum atomic E-state index is -0.841. The number of aliphatic hydroxyl groups excluding tert-OH is 1. The summed E-state index contributed by atoms with van der Waals surface area (Å²) >= 11 is 0. The fraction of sp³-hybridized carbons (Fsp3) is 0.615. The largest absolute Gasteiger partial charge is 0.393 e. The van der Waals surface area contributed by atoms with Crippen molar-refractivity contribution in [3.63, 3.8) is 0 Å². The first-order chi connectivity index (χ1) is 8.63. The van der Waals surface area contributed by atoms with Gasteiger partial charge < -0.3 is 15.9 Å². The quantitative estimate of drug-likeness (QED) is 0.751. The molecule has 0 atom stereocenters. The molecular formula is C13H21N3O2. The molecule has 5 heteroatoms. The standard InChI is InChI=1S/C13H21N3O2/c14-12-5-8-15-16(12)9-1-2-11-3-6-13(18,10-17)7-4-11/h1,5,8-9,11,17-18H,2-4,6-7,10,14H2. The van der Waals surface area contributed by atoms with Crippen LogP contribution in [0.1, 0.15) is 32.1 Å². The Morgan fingerprint density at radius 3 is 2.78 bits per heavy atom. The lowest BCUT2D eigenvalue weighted by Crippen LogP contribution is -2.37. The molecule has 1 aliphatic rings. The van der Waals surface area contributed by atoms with Gasteiger partial charge in [0.2, 0.25) is 0 Å². The van der Waals surface area contributed by atoms with E-state index in [1.54, 1.807) is 16.9 Å². The third kappa shape index (κ3) is 3.11. The average Bonchev–Trinajstić information content (AvgIpc) is 2.78. The zero-order valence-electron chi connectivity index (χ0n) is 10.5. The van der Waals surface area contributed by atoms with Gasteiger partial charge in [-0.3, -0.25) is 0 Å². The number of nitrogen functional groups attached to an aromatic ring is 1. The van der Waals surface area contributed by atoms with Crippen molar-refractivity contribution in [3.05, 3.63) is 18.3 Å². The lowest BCUT2D eigenvalue weighted by molar-refractivity contribution is -0.0514. The number of allylic oxidation sites excluding steroid dienone is 1. The number of nitrogens with two attached hydrogens (primary N) is 1. The predicted molar refractivity (Wildman–Crippen MR) is 70.6 cm³/mol. The number of rotatable bonds is 4. The van der Waals surface area contributed by atoms with Crippen molar-refractivity contribution in [2.75, 3.05) is 12.3 Å². The van der Waals surface area contributed by atoms with E-state index in [0.717, 1.165) is 19.3 Å². The number of aromatic nitrogens is 2. The maximum absolute atomic E-state index is 9.91. The molecule has 1 aliphatic carbocycles. The van der Waals surface area contributed by atoms with Gasteiger partial charge in [-0.15, -0.1) is 0 Å². The first-order valence-electron chi connectivity index (χ1n) is 6.42. The molecule has 1 aromatic rings. The number of hydrogen-bond acceptors (Lipinski definition) is 4. The smallest absolute Gasteiger partial charge is 0.126 e. The molecule has 0 aromatic carbocycles. The van der Waals surface area contributed by atoms with Crippen LogP contribution in [-0.4, -0.2) is 32.2 Å². The molecule has 4 N–H and O–H groups in total. The topological polar surface area (TPSA) is 84.3 Å². The van der Waals surface area contributed by atoms with E-state index in [0.29, 0.717) is 24.6 Å². The molecule has 1 saturated carbocycles. The fourth-order valence-corrected chi connectivity index (χ4v) is 2.41. The van der Waals surface area contributed by atoms with Gasteiger partial charge in [-0.25, -0.2) is 4.68 Å². The summed E-state index contributed by atoms with van der Waals surface area (Å²) in [6.45, 7) is -0.126. The molecule has 0 spiro atoms. The zero-order chi connectivity index (χ0) is 13.0. The highest BCUT2D eigenvalue weighted by atomic mass is 16.3. The van der Waals surface area contributed by atoms with Gasteiger partial charge in [-0.1, -0.05) is 6.08 Å². The summed E-state index contributed by atoms with van der Waals surface area (Å²) in [6.07, 6.45) is 9.85. The normalized spacial score (nSPS) is 28.9. The van der Waals surface area contributed by atoms with Crippen LogP contribution in [-0.2, 0) is 0 Å². The third-order valence-corrected chi connectivity index (χ3v) is 3.75. The fourth-order valence-electron chi connectivity index (χ4n) is 2.41. The van der Waals surface area contributed by atoms with Gasteiger partial charge >= 0.3 is 0 Å². The Hall–Kier alpha value is -1.33. The van der Waals surface area contributed by atoms with E-state index >= 15 is 0 Å². The van der Waals surface area contributed by atoms with Crippen molar-refractivity contribution in [1.29, 1.82) is 0 Å². The van der Waals surface area contributed by atoms with E-state index in [4.69, 9.17) is 10.8 Å². The van der Waals surface area contributed by atoms with Gasteiger partial charge in [0.15, 0.2) is 0 Å². The average molecular weight is 251 g/mol. The van der Waals surface area contributed by atoms with Gasteiger partial charge in [-0.2, -0.15) is 5.10 Å². The molecule has 0 amide bonds. The van der Waals surface area contributed by atoms with Gasteiger partial charge in [0.1, 0.15) is 5.82 Å². The highest BCUT2D eigenvalue weighted by Crippen LogP contribution is 2.33. The minimum absolute atomic E-state index is 0.126. The molecule has 1 fully saturated rings. The van der Waals surface area contributed by atoms with Crippen LogP contribution < -0.4 is 5.73 Å². The summed E-state index contributed by atoms with van der Waals surface area (Å²) in [5, 5.41) is 23.1. The zero-order valence-corrected chi connectivity index (χ0v) is 10.5. The summed E-state index contributed by atoms with van der Waals surface area (Å²) in [5.41, 5.74) is 4.86. The summed E-state index contributed by atoms with van der Waals surface area (Å²) in [7, 11) is 0. The van der Waals surface area contributed by atoms with E-state index in [1.807, 2.05) is 6.20 Å². The molecule has 2 rings (SSSR count). The molecule has 18 heavy (non-hydrogen) atoms. The highest BCUT2D eigenvalue weighted by Gasteiger charge is 2.31. The first-order valence-corrected chi connectivity index (χ1v) is 6.42. The van der Waals surface area contributed by atoms with Crippen LogP contribution in [0.2, 0.25) is 0 Å². The molecule has 0 radical (unpaired) electrons. The van der Waals surface area contributed by atoms with Crippen molar-refractivity contribution in [2.24, 2.45) is 5.92 Å². The van der Waals surface area contributed by atoms with E-state index in [9.17, 15) is 5.11 Å². The molecule has 100 valence electrons. The SMILES string of the molecule is Nc1ccnn1C=CCC1CCC(O)(CO)CC1. The Bertz CT molecular complexity index is 406. The van der Waals surface area contributed by atoms with E-state index in [-0.39, 0.29) is 6.61 Å². The first kappa shape index (κ1) is 13.1. The van der Waals surface area contributed by atoms with Gasteiger partial charge in [-0.05, 0) is 38.0 Å². The van der Waals surface area contributed by atoms with Crippen LogP contribution >= 0.6 is 0 Å². The Kier molecular flexibility index (Phi) is 4.04. The van der Waals surface area contributed by atoms with Crippen LogP contribution in [0.15, 0.2) is 18.3 Å². The summed E-state index contributed by atoms with van der Waals surface area (Å²) in [4.78, 5) is 0. The van der Waals surface area contributed by atoms with Gasteiger partial charge in [0, 0.05) is 12.3 Å². The van der Waals surface area contributed by atoms with Crippen LogP contribution in [0.4, 0.5) is 5.82 Å². The molecule has 0 unspecified atom stereocenters. The van der Waals surface area contributed by atoms with Crippen molar-refractivity contribution >= 4 is 12.0 Å². The van der Waals surface area contributed by atoms with Crippen molar-refractivity contribution < 1.29 is 10.2 Å². The highest BCUT2D eigenvalue weighted by molar-refractivity contribution is 5.37. The molecule has 0 aliphatic heterocycles. The monoisotopic (exact) mass is 251 g/mol. The number of anilines is 1. The molecule has 0 bridgehead atoms. The minimum Gasteiger partial charge on any atom is -0.393 e. The van der Waals surface area contributed by atoms with E-state index in [1.165, 1.54) is 0 Å². The molecule has 0 saturated heterocycles. The number of nitrogens with zero attached hydrogens (tertiary/aromatic N) is 2. The van der Waals surface area contributed by atoms with Crippen LogP contribution in [0.5, 0.6) is 0 Å². The van der Waals surface area contributed by atoms with Gasteiger partial charge in [0.25, 0.3) is 0 Å². The summed E-state index contributed by atoms with van der Waals surface area (Å²) in [6, 6.07) is 1.76. The summed E-state index contributed by atoms with van der Waals surface area (Å²) < 4.78 is 1.65. The maximum Gasteiger partial charge on any atom is 0.126 e. The molecule has 5 nitrogen and oxygen atoms in total. The molecule has 1 heterocycles. The van der Waals surface area contributed by atoms with E-state index < -0.39 is 5.60 Å². The Balaban J connectivity index is 1.79. The van der Waals surface area contributed by atoms with Crippen molar-refractivity contribution in [3.8, 4) is 0 Å². The maximum atomic E-state index is 9.91. The van der Waals surface area contributed by atoms with Gasteiger partial charge in [0.05, 0.1) is 18.4 Å². The Morgan fingerprint density at radius 1 is 1.50 bits per heavy atom. The number of aliphatic hydroxyl groups is 2. The Labute approximate surface area is 107 Å². The second-order valence-corrected chi connectivity index (χ2v) is 5.15. The van der Waals surface area contributed by atoms with E-state index in [2.05, 4.69) is 11.2 Å². The number of hydrogen-bond donors (Lipinski definition) is 3. The third-order valence-electron chi connectivity index (χ3n) is 3.75. The van der Waals surface area contributed by atoms with Crippen LogP contribution in [0.25, 0.3) is 6.20 Å². The molecule has 1 aromatic heterocycles. The van der Waals surface area contributed by atoms with Crippen LogP contribution in [0, 0.1) is 5.92 Å². The lowest BCUT2D eigenvalue weighted by atomic mass is 9.78. The second kappa shape index (κ2) is 5.54. The lowest BCUT2D eigenvalue weighted by Gasteiger charge is -2.34. The Morgan fingerprint density at radius 2 is 2.22 bits per heavy atom.